The predicted molar refractivity (Wildman–Crippen MR) is 55.4 cm³/mol. The van der Waals surface area contributed by atoms with Crippen molar-refractivity contribution < 1.29 is 14.6 Å². The van der Waals surface area contributed by atoms with Crippen LogP contribution < -0.4 is 5.32 Å². The number of carboxylic acid groups (broad SMARTS) is 1. The normalized spacial score (nSPS) is 15.1. The van der Waals surface area contributed by atoms with Gasteiger partial charge in [0.25, 0.3) is 0 Å². The number of hydrogen-bond donors (Lipinski definition) is 2. The Morgan fingerprint density at radius 1 is 1.50 bits per heavy atom. The molecule has 0 aliphatic heterocycles. The molecule has 1 atom stereocenters. The molecule has 0 radical (unpaired) electrons. The van der Waals surface area contributed by atoms with Gasteiger partial charge in [0.2, 0.25) is 0 Å². The minimum Gasteiger partial charge on any atom is -0.480 e. The van der Waals surface area contributed by atoms with Crippen LogP contribution >= 0.6 is 0 Å². The number of rotatable bonds is 8. The highest BCUT2D eigenvalue weighted by Gasteiger charge is 2.33. The van der Waals surface area contributed by atoms with Crippen molar-refractivity contribution >= 4 is 5.97 Å². The Morgan fingerprint density at radius 3 is 2.50 bits per heavy atom. The van der Waals surface area contributed by atoms with E-state index in [0.717, 1.165) is 6.42 Å². The smallest absolute Gasteiger partial charge is 0.323 e. The SMILES string of the molecule is CCOCCCC(CC)(NC)C(=O)O. The lowest BCUT2D eigenvalue weighted by Crippen LogP contribution is -2.49. The molecule has 0 spiro atoms. The van der Waals surface area contributed by atoms with Crippen molar-refractivity contribution in [1.29, 1.82) is 0 Å². The van der Waals surface area contributed by atoms with E-state index in [0.29, 0.717) is 26.1 Å². The standard InChI is InChI=1S/C10H21NO3/c1-4-10(11-3,9(12)13)7-6-8-14-5-2/h11H,4-8H2,1-3H3,(H,12,13). The first kappa shape index (κ1) is 13.4. The van der Waals surface area contributed by atoms with E-state index in [4.69, 9.17) is 9.84 Å². The first-order chi connectivity index (χ1) is 6.63. The Hall–Kier alpha value is -0.610. The average molecular weight is 203 g/mol. The highest BCUT2D eigenvalue weighted by Crippen LogP contribution is 2.17. The maximum absolute atomic E-state index is 11.0. The fraction of sp³-hybridized carbons (Fsp3) is 0.900. The van der Waals surface area contributed by atoms with Crippen LogP contribution in [-0.2, 0) is 9.53 Å². The van der Waals surface area contributed by atoms with Crippen LogP contribution in [0.1, 0.15) is 33.1 Å². The van der Waals surface area contributed by atoms with Crippen molar-refractivity contribution in [2.24, 2.45) is 0 Å². The lowest BCUT2D eigenvalue weighted by molar-refractivity contribution is -0.145. The summed E-state index contributed by atoms with van der Waals surface area (Å²) in [5, 5.41) is 12.0. The van der Waals surface area contributed by atoms with Gasteiger partial charge in [0.15, 0.2) is 0 Å². The summed E-state index contributed by atoms with van der Waals surface area (Å²) < 4.78 is 5.18. The van der Waals surface area contributed by atoms with Crippen molar-refractivity contribution in [2.45, 2.75) is 38.6 Å². The van der Waals surface area contributed by atoms with Gasteiger partial charge in [-0.1, -0.05) is 6.92 Å². The third-order valence-electron chi connectivity index (χ3n) is 2.59. The molecule has 4 heteroatoms. The van der Waals surface area contributed by atoms with Crippen LogP contribution in [-0.4, -0.2) is 36.9 Å². The van der Waals surface area contributed by atoms with Crippen molar-refractivity contribution in [1.82, 2.24) is 5.32 Å². The highest BCUT2D eigenvalue weighted by atomic mass is 16.5. The van der Waals surface area contributed by atoms with Gasteiger partial charge < -0.3 is 15.2 Å². The minimum atomic E-state index is -0.781. The lowest BCUT2D eigenvalue weighted by atomic mass is 9.91. The molecule has 84 valence electrons. The number of aliphatic carboxylic acids is 1. The van der Waals surface area contributed by atoms with Gasteiger partial charge in [-0.2, -0.15) is 0 Å². The van der Waals surface area contributed by atoms with E-state index in [-0.39, 0.29) is 0 Å². The van der Waals surface area contributed by atoms with Crippen LogP contribution in [0, 0.1) is 0 Å². The van der Waals surface area contributed by atoms with Gasteiger partial charge >= 0.3 is 5.97 Å². The second-order valence-corrected chi connectivity index (χ2v) is 3.29. The molecule has 0 fully saturated rings. The molecule has 4 nitrogen and oxygen atoms in total. The molecule has 0 aliphatic carbocycles. The summed E-state index contributed by atoms with van der Waals surface area (Å²) in [5.41, 5.74) is -0.781. The molecule has 0 heterocycles. The summed E-state index contributed by atoms with van der Waals surface area (Å²) in [5.74, 6) is -0.779. The summed E-state index contributed by atoms with van der Waals surface area (Å²) in [6, 6.07) is 0. The topological polar surface area (TPSA) is 58.6 Å². The number of nitrogens with one attached hydrogen (secondary N) is 1. The van der Waals surface area contributed by atoms with Crippen molar-refractivity contribution in [2.75, 3.05) is 20.3 Å². The van der Waals surface area contributed by atoms with Crippen molar-refractivity contribution in [3.05, 3.63) is 0 Å². The number of carboxylic acids is 1. The summed E-state index contributed by atoms with van der Waals surface area (Å²) in [4.78, 5) is 11.0. The van der Waals surface area contributed by atoms with Gasteiger partial charge in [-0.25, -0.2) is 0 Å². The maximum atomic E-state index is 11.0. The third kappa shape index (κ3) is 3.64. The Bertz CT molecular complexity index is 167. The Labute approximate surface area is 85.6 Å². The summed E-state index contributed by atoms with van der Waals surface area (Å²) >= 11 is 0. The zero-order valence-electron chi connectivity index (χ0n) is 9.30. The Morgan fingerprint density at radius 2 is 2.14 bits per heavy atom. The van der Waals surface area contributed by atoms with E-state index in [9.17, 15) is 4.79 Å². The fourth-order valence-corrected chi connectivity index (χ4v) is 1.46. The van der Waals surface area contributed by atoms with E-state index in [1.54, 1.807) is 7.05 Å². The molecular formula is C10H21NO3. The van der Waals surface area contributed by atoms with Crippen molar-refractivity contribution in [3.63, 3.8) is 0 Å². The molecule has 0 aliphatic rings. The van der Waals surface area contributed by atoms with E-state index in [2.05, 4.69) is 5.32 Å². The van der Waals surface area contributed by atoms with E-state index in [1.165, 1.54) is 0 Å². The molecule has 0 aromatic rings. The van der Waals surface area contributed by atoms with Crippen LogP contribution in [0.3, 0.4) is 0 Å². The molecule has 0 aromatic carbocycles. The Balaban J connectivity index is 4.02. The molecule has 0 aromatic heterocycles. The molecular weight excluding hydrogens is 182 g/mol. The largest absolute Gasteiger partial charge is 0.480 e. The van der Waals surface area contributed by atoms with E-state index < -0.39 is 11.5 Å². The highest BCUT2D eigenvalue weighted by molar-refractivity contribution is 5.78. The first-order valence-corrected chi connectivity index (χ1v) is 5.13. The van der Waals surface area contributed by atoms with Gasteiger partial charge in [-0.05, 0) is 33.2 Å². The van der Waals surface area contributed by atoms with Crippen molar-refractivity contribution in [3.8, 4) is 0 Å². The van der Waals surface area contributed by atoms with Gasteiger partial charge in [-0.15, -0.1) is 0 Å². The number of carbonyl (C=O) groups is 1. The van der Waals surface area contributed by atoms with Crippen LogP contribution in [0.15, 0.2) is 0 Å². The molecule has 2 N–H and O–H groups in total. The maximum Gasteiger partial charge on any atom is 0.323 e. The molecule has 0 amide bonds. The minimum absolute atomic E-state index is 0.588. The van der Waals surface area contributed by atoms with E-state index in [1.807, 2.05) is 13.8 Å². The van der Waals surface area contributed by atoms with Gasteiger partial charge in [0.05, 0.1) is 0 Å². The Kier molecular flexibility index (Phi) is 6.49. The lowest BCUT2D eigenvalue weighted by Gasteiger charge is -2.27. The number of ether oxygens (including phenoxy) is 1. The second-order valence-electron chi connectivity index (χ2n) is 3.29. The van der Waals surface area contributed by atoms with Gasteiger partial charge in [-0.3, -0.25) is 4.79 Å². The number of hydrogen-bond acceptors (Lipinski definition) is 3. The van der Waals surface area contributed by atoms with Gasteiger partial charge in [0.1, 0.15) is 5.54 Å². The zero-order valence-corrected chi connectivity index (χ0v) is 9.30. The average Bonchev–Trinajstić information content (AvgIpc) is 2.18. The second kappa shape index (κ2) is 6.79. The predicted octanol–water partition coefficient (Wildman–Crippen LogP) is 1.26. The molecule has 0 saturated carbocycles. The van der Waals surface area contributed by atoms with Crippen LogP contribution in [0.5, 0.6) is 0 Å². The first-order valence-electron chi connectivity index (χ1n) is 5.13. The molecule has 0 rings (SSSR count). The molecule has 0 saturated heterocycles. The fourth-order valence-electron chi connectivity index (χ4n) is 1.46. The molecule has 14 heavy (non-hydrogen) atoms. The molecule has 0 bridgehead atoms. The van der Waals surface area contributed by atoms with Crippen LogP contribution in [0.2, 0.25) is 0 Å². The van der Waals surface area contributed by atoms with Crippen LogP contribution in [0.4, 0.5) is 0 Å². The summed E-state index contributed by atoms with van der Waals surface area (Å²) in [6.45, 7) is 5.13. The summed E-state index contributed by atoms with van der Waals surface area (Å²) in [7, 11) is 1.69. The van der Waals surface area contributed by atoms with Gasteiger partial charge in [0, 0.05) is 13.2 Å². The van der Waals surface area contributed by atoms with Crippen LogP contribution in [0.25, 0.3) is 0 Å². The number of likely N-dealkylation sites (N-methyl/N-ethyl adjacent to an activating group) is 1. The summed E-state index contributed by atoms with van der Waals surface area (Å²) in [6.07, 6.45) is 1.97. The monoisotopic (exact) mass is 203 g/mol. The molecule has 1 unspecified atom stereocenters. The zero-order chi connectivity index (χ0) is 11.0. The quantitative estimate of drug-likeness (QED) is 0.583. The third-order valence-corrected chi connectivity index (χ3v) is 2.59. The van der Waals surface area contributed by atoms with E-state index >= 15 is 0 Å².